The van der Waals surface area contributed by atoms with E-state index in [0.29, 0.717) is 0 Å². The highest BCUT2D eigenvalue weighted by Crippen LogP contribution is 2.40. The number of hydrogen-bond donors (Lipinski definition) is 1. The highest BCUT2D eigenvalue weighted by molar-refractivity contribution is 7.88. The number of piperazine rings is 1. The van der Waals surface area contributed by atoms with Crippen LogP contribution in [0, 0.1) is 11.8 Å². The Balaban J connectivity index is 1.70. The second-order valence-corrected chi connectivity index (χ2v) is 7.81. The zero-order chi connectivity index (χ0) is 16.1. The summed E-state index contributed by atoms with van der Waals surface area (Å²) in [7, 11) is -3.26. The van der Waals surface area contributed by atoms with Crippen LogP contribution in [0.4, 0.5) is 0 Å². The first-order chi connectivity index (χ1) is 10.3. The lowest BCUT2D eigenvalue weighted by molar-refractivity contribution is -0.150. The number of amides is 1. The van der Waals surface area contributed by atoms with Gasteiger partial charge in [0.05, 0.1) is 24.4 Å². The van der Waals surface area contributed by atoms with E-state index in [9.17, 15) is 23.1 Å². The van der Waals surface area contributed by atoms with Crippen LogP contribution >= 0.6 is 0 Å². The molecular weight excluding hydrogens is 312 g/mol. The van der Waals surface area contributed by atoms with Gasteiger partial charge in [0, 0.05) is 26.2 Å². The number of sulfonamides is 1. The second kappa shape index (κ2) is 5.32. The molecule has 4 atom stereocenters. The van der Waals surface area contributed by atoms with Crippen LogP contribution in [-0.2, 0) is 24.3 Å². The van der Waals surface area contributed by atoms with Gasteiger partial charge in [-0.05, 0) is 0 Å². The first-order valence-corrected chi connectivity index (χ1v) is 8.94. The fraction of sp³-hybridized carbons (Fsp3) is 0.692. The monoisotopic (exact) mass is 330 g/mol. The summed E-state index contributed by atoms with van der Waals surface area (Å²) >= 11 is 0. The van der Waals surface area contributed by atoms with Crippen molar-refractivity contribution < 1.29 is 27.9 Å². The minimum absolute atomic E-state index is 0.236. The van der Waals surface area contributed by atoms with Gasteiger partial charge in [-0.15, -0.1) is 0 Å². The zero-order valence-corrected chi connectivity index (χ0v) is 12.9. The molecule has 2 fully saturated rings. The van der Waals surface area contributed by atoms with E-state index < -0.39 is 40.0 Å². The summed E-state index contributed by atoms with van der Waals surface area (Å²) < 4.78 is 29.8. The fourth-order valence-electron chi connectivity index (χ4n) is 3.35. The minimum atomic E-state index is -3.26. The van der Waals surface area contributed by atoms with Crippen LogP contribution in [0.5, 0.6) is 0 Å². The smallest absolute Gasteiger partial charge is 0.310 e. The molecule has 0 aromatic heterocycles. The lowest BCUT2D eigenvalue weighted by Gasteiger charge is -2.36. The molecule has 0 aliphatic carbocycles. The minimum Gasteiger partial charge on any atom is -0.481 e. The molecule has 0 aromatic carbocycles. The van der Waals surface area contributed by atoms with E-state index in [4.69, 9.17) is 4.74 Å². The molecule has 0 radical (unpaired) electrons. The Labute approximate surface area is 128 Å². The summed E-state index contributed by atoms with van der Waals surface area (Å²) in [4.78, 5) is 25.6. The highest BCUT2D eigenvalue weighted by atomic mass is 32.2. The molecule has 3 rings (SSSR count). The molecule has 3 aliphatic heterocycles. The van der Waals surface area contributed by atoms with E-state index in [1.54, 1.807) is 17.1 Å². The Kier molecular flexibility index (Phi) is 3.74. The molecule has 0 unspecified atom stereocenters. The summed E-state index contributed by atoms with van der Waals surface area (Å²) in [5, 5.41) is 9.33. The van der Waals surface area contributed by atoms with Gasteiger partial charge in [0.1, 0.15) is 5.92 Å². The third-order valence-corrected chi connectivity index (χ3v) is 5.79. The molecule has 8 nitrogen and oxygen atoms in total. The highest BCUT2D eigenvalue weighted by Gasteiger charge is 2.54. The Bertz CT molecular complexity index is 622. The van der Waals surface area contributed by atoms with Gasteiger partial charge in [-0.3, -0.25) is 9.59 Å². The van der Waals surface area contributed by atoms with E-state index in [2.05, 4.69) is 0 Å². The van der Waals surface area contributed by atoms with Crippen LogP contribution in [-0.4, -0.2) is 79.2 Å². The Morgan fingerprint density at radius 1 is 1.09 bits per heavy atom. The predicted molar refractivity (Wildman–Crippen MR) is 75.4 cm³/mol. The van der Waals surface area contributed by atoms with E-state index in [-0.39, 0.29) is 32.1 Å². The van der Waals surface area contributed by atoms with Crippen LogP contribution < -0.4 is 0 Å². The van der Waals surface area contributed by atoms with Gasteiger partial charge in [-0.25, -0.2) is 8.42 Å². The van der Waals surface area contributed by atoms with E-state index >= 15 is 0 Å². The average molecular weight is 330 g/mol. The molecule has 122 valence electrons. The normalized spacial score (nSPS) is 35.0. The third kappa shape index (κ3) is 2.53. The molecule has 2 saturated heterocycles. The largest absolute Gasteiger partial charge is 0.481 e. The van der Waals surface area contributed by atoms with Crippen molar-refractivity contribution in [3.05, 3.63) is 12.2 Å². The zero-order valence-electron chi connectivity index (χ0n) is 12.1. The number of carboxylic acids is 1. The molecule has 0 spiro atoms. The van der Waals surface area contributed by atoms with Crippen molar-refractivity contribution in [1.29, 1.82) is 0 Å². The molecule has 1 N–H and O–H groups in total. The van der Waals surface area contributed by atoms with Crippen LogP contribution in [0.2, 0.25) is 0 Å². The molecule has 2 bridgehead atoms. The standard InChI is InChI=1S/C13H18N2O6S/c1-22(19,20)15-6-4-14(5-7-15)12(16)10-8-2-3-9(21-8)11(10)13(17)18/h2-3,8-11H,4-7H2,1H3,(H,17,18)/t8-,9-,10-,11+/m1/s1. The maximum Gasteiger partial charge on any atom is 0.310 e. The van der Waals surface area contributed by atoms with Crippen molar-refractivity contribution >= 4 is 21.9 Å². The van der Waals surface area contributed by atoms with Crippen molar-refractivity contribution in [2.45, 2.75) is 12.2 Å². The lowest BCUT2D eigenvalue weighted by atomic mass is 9.82. The van der Waals surface area contributed by atoms with E-state index in [1.165, 1.54) is 4.31 Å². The number of hydrogen-bond acceptors (Lipinski definition) is 5. The van der Waals surface area contributed by atoms with Gasteiger partial charge >= 0.3 is 5.97 Å². The molecule has 0 saturated carbocycles. The number of carbonyl (C=O) groups excluding carboxylic acids is 1. The second-order valence-electron chi connectivity index (χ2n) is 5.83. The molecule has 22 heavy (non-hydrogen) atoms. The van der Waals surface area contributed by atoms with Crippen molar-refractivity contribution in [3.63, 3.8) is 0 Å². The fourth-order valence-corrected chi connectivity index (χ4v) is 4.17. The Hall–Kier alpha value is -1.45. The van der Waals surface area contributed by atoms with E-state index in [1.807, 2.05) is 0 Å². The van der Waals surface area contributed by atoms with Crippen LogP contribution in [0.25, 0.3) is 0 Å². The van der Waals surface area contributed by atoms with Gasteiger partial charge in [0.2, 0.25) is 15.9 Å². The van der Waals surface area contributed by atoms with Crippen molar-refractivity contribution in [1.82, 2.24) is 9.21 Å². The average Bonchev–Trinajstić information content (AvgIpc) is 3.06. The van der Waals surface area contributed by atoms with Gasteiger partial charge in [0.25, 0.3) is 0 Å². The number of carbonyl (C=O) groups is 2. The number of carboxylic acid groups (broad SMARTS) is 1. The summed E-state index contributed by atoms with van der Waals surface area (Å²) in [5.74, 6) is -2.89. The van der Waals surface area contributed by atoms with Crippen LogP contribution in [0.15, 0.2) is 12.2 Å². The molecule has 0 aromatic rings. The SMILES string of the molecule is CS(=O)(=O)N1CCN(C(=O)[C@H]2[C@@H](C(=O)O)[C@H]3C=C[C@H]2O3)CC1. The number of ether oxygens (including phenoxy) is 1. The number of aliphatic carboxylic acids is 1. The quantitative estimate of drug-likeness (QED) is 0.648. The third-order valence-electron chi connectivity index (χ3n) is 4.49. The molecule has 9 heteroatoms. The first kappa shape index (κ1) is 15.4. The van der Waals surface area contributed by atoms with E-state index in [0.717, 1.165) is 6.26 Å². The number of fused-ring (bicyclic) bond motifs is 2. The Morgan fingerprint density at radius 2 is 1.64 bits per heavy atom. The summed E-state index contributed by atoms with van der Waals surface area (Å²) in [6, 6.07) is 0. The van der Waals surface area contributed by atoms with Gasteiger partial charge in [-0.1, -0.05) is 12.2 Å². The summed E-state index contributed by atoms with van der Waals surface area (Å²) in [6.07, 6.45) is 3.52. The van der Waals surface area contributed by atoms with Crippen molar-refractivity contribution in [2.75, 3.05) is 32.4 Å². The van der Waals surface area contributed by atoms with Crippen LogP contribution in [0.3, 0.4) is 0 Å². The van der Waals surface area contributed by atoms with Gasteiger partial charge in [0.15, 0.2) is 0 Å². The lowest BCUT2D eigenvalue weighted by Crippen LogP contribution is -2.53. The Morgan fingerprint density at radius 3 is 2.14 bits per heavy atom. The maximum atomic E-state index is 12.6. The first-order valence-electron chi connectivity index (χ1n) is 7.09. The topological polar surface area (TPSA) is 104 Å². The summed E-state index contributed by atoms with van der Waals surface area (Å²) in [5.41, 5.74) is 0. The van der Waals surface area contributed by atoms with Crippen molar-refractivity contribution in [2.24, 2.45) is 11.8 Å². The van der Waals surface area contributed by atoms with Crippen LogP contribution in [0.1, 0.15) is 0 Å². The molecular formula is C13H18N2O6S. The van der Waals surface area contributed by atoms with Crippen molar-refractivity contribution in [3.8, 4) is 0 Å². The van der Waals surface area contributed by atoms with Gasteiger partial charge in [-0.2, -0.15) is 4.31 Å². The predicted octanol–water partition coefficient (Wildman–Crippen LogP) is -1.26. The number of nitrogens with zero attached hydrogens (tertiary/aromatic N) is 2. The number of rotatable bonds is 3. The molecule has 3 heterocycles. The molecule has 1 amide bonds. The van der Waals surface area contributed by atoms with Gasteiger partial charge < -0.3 is 14.7 Å². The summed E-state index contributed by atoms with van der Waals surface area (Å²) in [6.45, 7) is 1.02. The maximum absolute atomic E-state index is 12.6. The molecule has 3 aliphatic rings.